The van der Waals surface area contributed by atoms with E-state index < -0.39 is 10.0 Å². The quantitative estimate of drug-likeness (QED) is 0.721. The van der Waals surface area contributed by atoms with Crippen molar-refractivity contribution in [1.82, 2.24) is 14.5 Å². The highest BCUT2D eigenvalue weighted by Crippen LogP contribution is 2.23. The molecule has 0 bridgehead atoms. The van der Waals surface area contributed by atoms with Crippen molar-refractivity contribution in [1.29, 1.82) is 0 Å². The van der Waals surface area contributed by atoms with Crippen LogP contribution in [0.15, 0.2) is 29.2 Å². The number of rotatable bonds is 5. The SMILES string of the molecule is O=C(NC1CCCCC1)C1CCCN(C(=O)c2cccc(S(=O)(=O)N3CCOCC3)c2)C1. The fourth-order valence-corrected chi connectivity index (χ4v) is 6.30. The van der Waals surface area contributed by atoms with Gasteiger partial charge in [0.1, 0.15) is 0 Å². The number of benzene rings is 1. The van der Waals surface area contributed by atoms with E-state index in [1.54, 1.807) is 17.0 Å². The molecule has 0 aromatic heterocycles. The minimum absolute atomic E-state index is 0.0399. The Hall–Kier alpha value is -1.97. The number of hydrogen-bond acceptors (Lipinski definition) is 5. The zero-order valence-corrected chi connectivity index (χ0v) is 19.3. The van der Waals surface area contributed by atoms with Crippen molar-refractivity contribution in [3.8, 4) is 0 Å². The fourth-order valence-electron chi connectivity index (χ4n) is 4.85. The number of amides is 2. The molecule has 3 fully saturated rings. The summed E-state index contributed by atoms with van der Waals surface area (Å²) in [6.45, 7) is 2.31. The molecule has 1 unspecified atom stereocenters. The number of carbonyl (C=O) groups excluding carboxylic acids is 2. The van der Waals surface area contributed by atoms with Crippen LogP contribution in [0.3, 0.4) is 0 Å². The Morgan fingerprint density at radius 1 is 0.969 bits per heavy atom. The standard InChI is InChI=1S/C23H33N3O5S/c27-22(24-20-8-2-1-3-9-20)19-7-5-11-25(17-19)23(28)18-6-4-10-21(16-18)32(29,30)26-12-14-31-15-13-26/h4,6,10,16,19-20H,1-3,5,7-9,11-15,17H2,(H,24,27). The van der Waals surface area contributed by atoms with Crippen LogP contribution in [-0.2, 0) is 19.6 Å². The molecule has 1 atom stereocenters. The molecular formula is C23H33N3O5S. The van der Waals surface area contributed by atoms with Crippen molar-refractivity contribution in [3.63, 3.8) is 0 Å². The molecule has 8 nitrogen and oxygen atoms in total. The maximum Gasteiger partial charge on any atom is 0.253 e. The van der Waals surface area contributed by atoms with Gasteiger partial charge in [-0.05, 0) is 43.9 Å². The van der Waals surface area contributed by atoms with Crippen LogP contribution in [-0.4, -0.2) is 74.9 Å². The molecule has 4 rings (SSSR count). The van der Waals surface area contributed by atoms with Gasteiger partial charge in [0.05, 0.1) is 24.0 Å². The molecule has 9 heteroatoms. The smallest absolute Gasteiger partial charge is 0.253 e. The molecule has 1 aliphatic carbocycles. The number of piperidine rings is 1. The minimum atomic E-state index is -3.67. The molecule has 2 amide bonds. The Kier molecular flexibility index (Phi) is 7.48. The first kappa shape index (κ1) is 23.2. The van der Waals surface area contributed by atoms with E-state index in [9.17, 15) is 18.0 Å². The Labute approximate surface area is 190 Å². The Morgan fingerprint density at radius 2 is 1.72 bits per heavy atom. The zero-order valence-electron chi connectivity index (χ0n) is 18.5. The number of morpholine rings is 1. The summed E-state index contributed by atoms with van der Waals surface area (Å²) in [4.78, 5) is 27.8. The van der Waals surface area contributed by atoms with Crippen LogP contribution in [0.5, 0.6) is 0 Å². The van der Waals surface area contributed by atoms with Gasteiger partial charge in [0, 0.05) is 37.8 Å². The van der Waals surface area contributed by atoms with Crippen LogP contribution in [0.1, 0.15) is 55.3 Å². The van der Waals surface area contributed by atoms with E-state index in [2.05, 4.69) is 5.32 Å². The van der Waals surface area contributed by atoms with Crippen LogP contribution in [0.4, 0.5) is 0 Å². The van der Waals surface area contributed by atoms with Gasteiger partial charge >= 0.3 is 0 Å². The summed E-state index contributed by atoms with van der Waals surface area (Å²) in [6, 6.07) is 6.49. The molecule has 1 aromatic rings. The van der Waals surface area contributed by atoms with Gasteiger partial charge in [-0.25, -0.2) is 8.42 Å². The highest BCUT2D eigenvalue weighted by Gasteiger charge is 2.31. The number of ether oxygens (including phenoxy) is 1. The van der Waals surface area contributed by atoms with Crippen molar-refractivity contribution in [2.24, 2.45) is 5.92 Å². The maximum absolute atomic E-state index is 13.2. The van der Waals surface area contributed by atoms with Crippen molar-refractivity contribution >= 4 is 21.8 Å². The average molecular weight is 464 g/mol. The van der Waals surface area contributed by atoms with Crippen LogP contribution < -0.4 is 5.32 Å². The molecule has 2 aliphatic heterocycles. The monoisotopic (exact) mass is 463 g/mol. The van der Waals surface area contributed by atoms with Gasteiger partial charge in [-0.3, -0.25) is 9.59 Å². The summed E-state index contributed by atoms with van der Waals surface area (Å²) in [6.07, 6.45) is 7.15. The van der Waals surface area contributed by atoms with Gasteiger partial charge in [-0.2, -0.15) is 4.31 Å². The highest BCUT2D eigenvalue weighted by molar-refractivity contribution is 7.89. The fraction of sp³-hybridized carbons (Fsp3) is 0.652. The molecule has 32 heavy (non-hydrogen) atoms. The summed E-state index contributed by atoms with van der Waals surface area (Å²) in [7, 11) is -3.67. The van der Waals surface area contributed by atoms with Gasteiger partial charge in [-0.1, -0.05) is 25.3 Å². The minimum Gasteiger partial charge on any atom is -0.379 e. The van der Waals surface area contributed by atoms with Crippen LogP contribution in [0, 0.1) is 5.92 Å². The normalized spacial score (nSPS) is 23.6. The zero-order chi connectivity index (χ0) is 22.6. The summed E-state index contributed by atoms with van der Waals surface area (Å²) in [5.74, 6) is -0.396. The molecular weight excluding hydrogens is 430 g/mol. The molecule has 1 N–H and O–H groups in total. The van der Waals surface area contributed by atoms with Crippen molar-refractivity contribution in [2.45, 2.75) is 55.9 Å². The molecule has 0 radical (unpaired) electrons. The van der Waals surface area contributed by atoms with Gasteiger partial charge < -0.3 is 15.0 Å². The lowest BCUT2D eigenvalue weighted by molar-refractivity contribution is -0.127. The van der Waals surface area contributed by atoms with E-state index in [-0.39, 0.29) is 28.7 Å². The number of nitrogens with one attached hydrogen (secondary N) is 1. The summed E-state index contributed by atoms with van der Waals surface area (Å²) >= 11 is 0. The van der Waals surface area contributed by atoms with Crippen molar-refractivity contribution < 1.29 is 22.7 Å². The Balaban J connectivity index is 1.42. The van der Waals surface area contributed by atoms with Gasteiger partial charge in [-0.15, -0.1) is 0 Å². The van der Waals surface area contributed by atoms with Gasteiger partial charge in [0.2, 0.25) is 15.9 Å². The predicted molar refractivity (Wildman–Crippen MR) is 120 cm³/mol. The number of nitrogens with zero attached hydrogens (tertiary/aromatic N) is 2. The second-order valence-electron chi connectivity index (χ2n) is 8.98. The first-order valence-corrected chi connectivity index (χ1v) is 13.2. The third-order valence-corrected chi connectivity index (χ3v) is 8.61. The number of carbonyl (C=O) groups is 2. The molecule has 2 saturated heterocycles. The van der Waals surface area contributed by atoms with Crippen molar-refractivity contribution in [2.75, 3.05) is 39.4 Å². The summed E-state index contributed by atoms with van der Waals surface area (Å²) in [5, 5.41) is 3.18. The van der Waals surface area contributed by atoms with E-state index in [1.807, 2.05) is 0 Å². The second-order valence-corrected chi connectivity index (χ2v) is 10.9. The van der Waals surface area contributed by atoms with Crippen LogP contribution in [0.25, 0.3) is 0 Å². The van der Waals surface area contributed by atoms with E-state index >= 15 is 0 Å². The third kappa shape index (κ3) is 5.32. The molecule has 3 aliphatic rings. The average Bonchev–Trinajstić information content (AvgIpc) is 2.85. The van der Waals surface area contributed by atoms with E-state index in [0.29, 0.717) is 45.0 Å². The Bertz CT molecular complexity index is 923. The number of likely N-dealkylation sites (tertiary alicyclic amines) is 1. The third-order valence-electron chi connectivity index (χ3n) is 6.72. The molecule has 176 valence electrons. The first-order chi connectivity index (χ1) is 15.4. The maximum atomic E-state index is 13.2. The lowest BCUT2D eigenvalue weighted by Gasteiger charge is -2.33. The number of sulfonamides is 1. The second kappa shape index (κ2) is 10.3. The van der Waals surface area contributed by atoms with Gasteiger partial charge in [0.15, 0.2) is 0 Å². The van der Waals surface area contributed by atoms with Crippen molar-refractivity contribution in [3.05, 3.63) is 29.8 Å². The molecule has 1 saturated carbocycles. The first-order valence-electron chi connectivity index (χ1n) is 11.7. The number of hydrogen-bond donors (Lipinski definition) is 1. The van der Waals surface area contributed by atoms with Gasteiger partial charge in [0.25, 0.3) is 5.91 Å². The highest BCUT2D eigenvalue weighted by atomic mass is 32.2. The van der Waals surface area contributed by atoms with E-state index in [4.69, 9.17) is 4.74 Å². The summed E-state index contributed by atoms with van der Waals surface area (Å²) in [5.41, 5.74) is 0.340. The molecule has 2 heterocycles. The summed E-state index contributed by atoms with van der Waals surface area (Å²) < 4.78 is 32.6. The van der Waals surface area contributed by atoms with Crippen LogP contribution >= 0.6 is 0 Å². The van der Waals surface area contributed by atoms with Crippen LogP contribution in [0.2, 0.25) is 0 Å². The molecule has 0 spiro atoms. The van der Waals surface area contributed by atoms with E-state index in [0.717, 1.165) is 38.5 Å². The largest absolute Gasteiger partial charge is 0.379 e. The lowest BCUT2D eigenvalue weighted by atomic mass is 9.93. The topological polar surface area (TPSA) is 96.0 Å². The lowest BCUT2D eigenvalue weighted by Crippen LogP contribution is -2.48. The van der Waals surface area contributed by atoms with E-state index in [1.165, 1.54) is 22.9 Å². The molecule has 1 aromatic carbocycles. The Morgan fingerprint density at radius 3 is 2.47 bits per heavy atom. The predicted octanol–water partition coefficient (Wildman–Crippen LogP) is 2.01.